The molecule has 0 fully saturated rings. The number of nitrogens with zero attached hydrogens (tertiary/aromatic N) is 2. The molecule has 0 rings (SSSR count). The minimum atomic E-state index is -3.30. The Morgan fingerprint density at radius 2 is 1.94 bits per heavy atom. The average molecular weight is 281 g/mol. The fourth-order valence-electron chi connectivity index (χ4n) is 1.44. The van der Waals surface area contributed by atoms with E-state index in [1.54, 1.807) is 0 Å². The topological polar surface area (TPSA) is 61.2 Å². The van der Waals surface area contributed by atoms with Gasteiger partial charge >= 0.3 is 0 Å². The van der Waals surface area contributed by atoms with Crippen molar-refractivity contribution in [1.82, 2.24) is 4.31 Å². The quantitative estimate of drug-likeness (QED) is 0.640. The van der Waals surface area contributed by atoms with Gasteiger partial charge in [-0.1, -0.05) is 20.8 Å². The lowest BCUT2D eigenvalue weighted by molar-refractivity contribution is 0.370. The van der Waals surface area contributed by atoms with E-state index in [-0.39, 0.29) is 30.6 Å². The monoisotopic (exact) mass is 280 g/mol. The Bertz CT molecular complexity index is 349. The molecular formula is C11H21ClN2O2S. The van der Waals surface area contributed by atoms with Gasteiger partial charge in [0.2, 0.25) is 10.0 Å². The first-order valence-corrected chi connectivity index (χ1v) is 7.88. The molecule has 0 radical (unpaired) electrons. The smallest absolute Gasteiger partial charge is 0.212 e. The van der Waals surface area contributed by atoms with Gasteiger partial charge in [0.1, 0.15) is 0 Å². The number of alkyl halides is 1. The predicted molar refractivity (Wildman–Crippen MR) is 70.3 cm³/mol. The van der Waals surface area contributed by atoms with E-state index in [4.69, 9.17) is 16.9 Å². The molecule has 4 nitrogen and oxygen atoms in total. The molecule has 0 aromatic carbocycles. The summed E-state index contributed by atoms with van der Waals surface area (Å²) >= 11 is 5.64. The number of sulfonamides is 1. The van der Waals surface area contributed by atoms with Crippen LogP contribution >= 0.6 is 11.6 Å². The zero-order chi connectivity index (χ0) is 13.5. The van der Waals surface area contributed by atoms with Gasteiger partial charge in [-0.05, 0) is 11.8 Å². The van der Waals surface area contributed by atoms with E-state index in [2.05, 4.69) is 0 Å². The summed E-state index contributed by atoms with van der Waals surface area (Å²) in [5.41, 5.74) is 0. The van der Waals surface area contributed by atoms with Crippen molar-refractivity contribution in [2.24, 2.45) is 11.8 Å². The van der Waals surface area contributed by atoms with Gasteiger partial charge in [0, 0.05) is 25.4 Å². The molecule has 1 atom stereocenters. The van der Waals surface area contributed by atoms with Crippen LogP contribution in [0.15, 0.2) is 0 Å². The van der Waals surface area contributed by atoms with Gasteiger partial charge in [-0.3, -0.25) is 0 Å². The molecule has 0 amide bonds. The third-order valence-electron chi connectivity index (χ3n) is 2.19. The third kappa shape index (κ3) is 6.87. The summed E-state index contributed by atoms with van der Waals surface area (Å²) in [6.07, 6.45) is 0.223. The van der Waals surface area contributed by atoms with Crippen molar-refractivity contribution >= 4 is 21.6 Å². The highest BCUT2D eigenvalue weighted by Gasteiger charge is 2.24. The second-order valence-electron chi connectivity index (χ2n) is 4.70. The highest BCUT2D eigenvalue weighted by molar-refractivity contribution is 7.89. The maximum Gasteiger partial charge on any atom is 0.214 e. The molecule has 0 saturated carbocycles. The van der Waals surface area contributed by atoms with Gasteiger partial charge in [0.15, 0.2) is 0 Å². The van der Waals surface area contributed by atoms with E-state index in [9.17, 15) is 8.42 Å². The van der Waals surface area contributed by atoms with Gasteiger partial charge in [-0.25, -0.2) is 12.7 Å². The average Bonchev–Trinajstić information content (AvgIpc) is 2.22. The Labute approximate surface area is 110 Å². The Hall–Kier alpha value is -0.310. The van der Waals surface area contributed by atoms with Crippen molar-refractivity contribution in [1.29, 1.82) is 5.26 Å². The van der Waals surface area contributed by atoms with Crippen molar-refractivity contribution in [3.8, 4) is 6.07 Å². The van der Waals surface area contributed by atoms with Crippen LogP contribution in [0.2, 0.25) is 0 Å². The third-order valence-corrected chi connectivity index (χ3v) is 4.83. The molecule has 0 spiro atoms. The van der Waals surface area contributed by atoms with Crippen molar-refractivity contribution < 1.29 is 8.42 Å². The van der Waals surface area contributed by atoms with Gasteiger partial charge in [0.05, 0.1) is 11.8 Å². The first-order valence-electron chi connectivity index (χ1n) is 5.74. The van der Waals surface area contributed by atoms with Crippen molar-refractivity contribution in [2.75, 3.05) is 24.7 Å². The molecular weight excluding hydrogens is 260 g/mol. The molecule has 0 aromatic heterocycles. The number of nitriles is 1. The van der Waals surface area contributed by atoms with Crippen LogP contribution in [0, 0.1) is 23.2 Å². The largest absolute Gasteiger partial charge is 0.214 e. The summed E-state index contributed by atoms with van der Waals surface area (Å²) in [4.78, 5) is 0. The Kier molecular flexibility index (Phi) is 7.77. The predicted octanol–water partition coefficient (Wildman–Crippen LogP) is 2.06. The minimum Gasteiger partial charge on any atom is -0.212 e. The molecule has 0 heterocycles. The second-order valence-corrected chi connectivity index (χ2v) is 7.02. The van der Waals surface area contributed by atoms with Gasteiger partial charge in [-0.15, -0.1) is 11.6 Å². The van der Waals surface area contributed by atoms with Crippen LogP contribution in [0.5, 0.6) is 0 Å². The van der Waals surface area contributed by atoms with Crippen LogP contribution in [-0.4, -0.2) is 37.4 Å². The van der Waals surface area contributed by atoms with E-state index in [0.29, 0.717) is 12.4 Å². The first-order chi connectivity index (χ1) is 7.83. The van der Waals surface area contributed by atoms with Crippen molar-refractivity contribution in [3.05, 3.63) is 0 Å². The molecule has 0 aliphatic carbocycles. The molecule has 0 aliphatic heterocycles. The molecule has 6 heteroatoms. The van der Waals surface area contributed by atoms with Crippen LogP contribution in [0.25, 0.3) is 0 Å². The fraction of sp³-hybridized carbons (Fsp3) is 0.909. The molecule has 0 bridgehead atoms. The highest BCUT2D eigenvalue weighted by atomic mass is 35.5. The number of hydrogen-bond donors (Lipinski definition) is 0. The zero-order valence-corrected chi connectivity index (χ0v) is 12.3. The summed E-state index contributed by atoms with van der Waals surface area (Å²) < 4.78 is 25.6. The normalized spacial score (nSPS) is 13.9. The standard InChI is InChI=1S/C11H21ClN2O2S/c1-10(2)8-14(6-4-5-13)17(15,16)9-11(3)7-12/h10-11H,4,6-9H2,1-3H3. The first kappa shape index (κ1) is 16.7. The van der Waals surface area contributed by atoms with Crippen molar-refractivity contribution in [2.45, 2.75) is 27.2 Å². The van der Waals surface area contributed by atoms with Crippen molar-refractivity contribution in [3.63, 3.8) is 0 Å². The van der Waals surface area contributed by atoms with E-state index in [1.165, 1.54) is 4.31 Å². The molecule has 0 saturated heterocycles. The van der Waals surface area contributed by atoms with Crippen LogP contribution in [0.1, 0.15) is 27.2 Å². The fourth-order valence-corrected chi connectivity index (χ4v) is 3.62. The number of rotatable bonds is 8. The maximum atomic E-state index is 12.1. The van der Waals surface area contributed by atoms with Crippen LogP contribution < -0.4 is 0 Å². The Balaban J connectivity index is 4.70. The van der Waals surface area contributed by atoms with Crippen LogP contribution in [-0.2, 0) is 10.0 Å². The van der Waals surface area contributed by atoms with E-state index in [1.807, 2.05) is 26.8 Å². The lowest BCUT2D eigenvalue weighted by Crippen LogP contribution is -2.38. The highest BCUT2D eigenvalue weighted by Crippen LogP contribution is 2.12. The molecule has 0 N–H and O–H groups in total. The van der Waals surface area contributed by atoms with Gasteiger partial charge in [0.25, 0.3) is 0 Å². The summed E-state index contributed by atoms with van der Waals surface area (Å²) in [6.45, 7) is 6.45. The van der Waals surface area contributed by atoms with Gasteiger partial charge in [-0.2, -0.15) is 5.26 Å². The molecule has 0 aliphatic rings. The summed E-state index contributed by atoms with van der Waals surface area (Å²) in [5, 5.41) is 8.55. The molecule has 1 unspecified atom stereocenters. The number of halogens is 1. The summed E-state index contributed by atoms with van der Waals surface area (Å²) in [7, 11) is -3.30. The molecule has 100 valence electrons. The Morgan fingerprint density at radius 3 is 2.35 bits per heavy atom. The lowest BCUT2D eigenvalue weighted by Gasteiger charge is -2.24. The van der Waals surface area contributed by atoms with Crippen LogP contribution in [0.3, 0.4) is 0 Å². The second kappa shape index (κ2) is 7.91. The number of hydrogen-bond acceptors (Lipinski definition) is 3. The SMILES string of the molecule is CC(C)CN(CCC#N)S(=O)(=O)CC(C)CCl. The Morgan fingerprint density at radius 1 is 1.35 bits per heavy atom. The van der Waals surface area contributed by atoms with E-state index in [0.717, 1.165) is 0 Å². The summed E-state index contributed by atoms with van der Waals surface area (Å²) in [5.74, 6) is 0.551. The van der Waals surface area contributed by atoms with Crippen LogP contribution in [0.4, 0.5) is 0 Å². The minimum absolute atomic E-state index is 0.0502. The zero-order valence-electron chi connectivity index (χ0n) is 10.7. The summed E-state index contributed by atoms with van der Waals surface area (Å²) in [6, 6.07) is 1.98. The maximum absolute atomic E-state index is 12.1. The molecule has 0 aromatic rings. The lowest BCUT2D eigenvalue weighted by atomic mass is 10.2. The van der Waals surface area contributed by atoms with Gasteiger partial charge < -0.3 is 0 Å². The molecule has 17 heavy (non-hydrogen) atoms. The van der Waals surface area contributed by atoms with E-state index >= 15 is 0 Å². The van der Waals surface area contributed by atoms with E-state index < -0.39 is 10.0 Å².